The number of carbonyl (C=O) groups is 2. The first-order chi connectivity index (χ1) is 12.5. The minimum atomic E-state index is -0.185. The van der Waals surface area contributed by atoms with Crippen molar-refractivity contribution in [3.63, 3.8) is 0 Å². The normalized spacial score (nSPS) is 14.4. The van der Waals surface area contributed by atoms with E-state index >= 15 is 0 Å². The highest BCUT2D eigenvalue weighted by atomic mass is 35.5. The Labute approximate surface area is 157 Å². The molecule has 1 fully saturated rings. The average molecular weight is 374 g/mol. The van der Waals surface area contributed by atoms with Crippen molar-refractivity contribution in [1.29, 1.82) is 0 Å². The maximum Gasteiger partial charge on any atom is 0.238 e. The molecule has 0 saturated carbocycles. The van der Waals surface area contributed by atoms with Gasteiger partial charge in [0.2, 0.25) is 11.8 Å². The summed E-state index contributed by atoms with van der Waals surface area (Å²) in [4.78, 5) is 25.5. The Morgan fingerprint density at radius 3 is 2.46 bits per heavy atom. The van der Waals surface area contributed by atoms with Gasteiger partial charge >= 0.3 is 0 Å². The lowest BCUT2D eigenvalue weighted by molar-refractivity contribution is -0.119. The van der Waals surface area contributed by atoms with Gasteiger partial charge in [0.25, 0.3) is 0 Å². The van der Waals surface area contributed by atoms with Crippen LogP contribution in [0.4, 0.5) is 11.4 Å². The molecule has 0 spiro atoms. The number of hydrogen-bond donors (Lipinski definition) is 2. The molecule has 0 radical (unpaired) electrons. The minimum Gasteiger partial charge on any atom is -0.488 e. The monoisotopic (exact) mass is 373 g/mol. The van der Waals surface area contributed by atoms with E-state index < -0.39 is 0 Å². The second-order valence-corrected chi connectivity index (χ2v) is 6.60. The highest BCUT2D eigenvalue weighted by Crippen LogP contribution is 2.23. The van der Waals surface area contributed by atoms with Gasteiger partial charge in [-0.2, -0.15) is 0 Å². The summed E-state index contributed by atoms with van der Waals surface area (Å²) in [6, 6.07) is 14.4. The fourth-order valence-electron chi connectivity index (χ4n) is 2.74. The van der Waals surface area contributed by atoms with Crippen LogP contribution in [-0.2, 0) is 9.59 Å². The molecule has 1 aliphatic heterocycles. The summed E-state index contributed by atoms with van der Waals surface area (Å²) in [5.41, 5.74) is 1.17. The van der Waals surface area contributed by atoms with Crippen molar-refractivity contribution in [3.8, 4) is 5.75 Å². The van der Waals surface area contributed by atoms with Gasteiger partial charge in [-0.05, 0) is 30.3 Å². The van der Waals surface area contributed by atoms with Crippen LogP contribution in [0.5, 0.6) is 5.75 Å². The van der Waals surface area contributed by atoms with E-state index in [0.29, 0.717) is 29.5 Å². The van der Waals surface area contributed by atoms with Gasteiger partial charge in [0.1, 0.15) is 11.9 Å². The molecule has 7 heteroatoms. The van der Waals surface area contributed by atoms with E-state index in [1.54, 1.807) is 36.4 Å². The van der Waals surface area contributed by atoms with E-state index in [-0.39, 0.29) is 24.5 Å². The fourth-order valence-corrected chi connectivity index (χ4v) is 2.92. The molecule has 1 saturated heterocycles. The summed E-state index contributed by atoms with van der Waals surface area (Å²) < 4.78 is 5.82. The summed E-state index contributed by atoms with van der Waals surface area (Å²) >= 11 is 5.94. The van der Waals surface area contributed by atoms with Crippen LogP contribution in [0.2, 0.25) is 5.02 Å². The zero-order chi connectivity index (χ0) is 18.5. The van der Waals surface area contributed by atoms with Crippen LogP contribution in [0.1, 0.15) is 6.92 Å². The third kappa shape index (κ3) is 4.97. The van der Waals surface area contributed by atoms with Gasteiger partial charge in [0.05, 0.1) is 17.9 Å². The molecule has 0 atom stereocenters. The molecule has 1 aliphatic rings. The molecule has 0 aliphatic carbocycles. The Hall–Kier alpha value is -2.57. The number of benzene rings is 2. The Morgan fingerprint density at radius 2 is 1.81 bits per heavy atom. The van der Waals surface area contributed by atoms with E-state index in [1.165, 1.54) is 6.92 Å². The highest BCUT2D eigenvalue weighted by Gasteiger charge is 2.30. The molecule has 2 aromatic rings. The van der Waals surface area contributed by atoms with Crippen LogP contribution in [0.15, 0.2) is 48.5 Å². The summed E-state index contributed by atoms with van der Waals surface area (Å²) in [5.74, 6) is 0.412. The number of nitrogens with zero attached hydrogens (tertiary/aromatic N) is 1. The molecule has 0 bridgehead atoms. The smallest absolute Gasteiger partial charge is 0.238 e. The number of hydrogen-bond acceptors (Lipinski definition) is 4. The number of likely N-dealkylation sites (tertiary alicyclic amines) is 1. The summed E-state index contributed by atoms with van der Waals surface area (Å²) in [6.07, 6.45) is 0.0490. The molecule has 6 nitrogen and oxygen atoms in total. The lowest BCUT2D eigenvalue weighted by Crippen LogP contribution is -2.55. The summed E-state index contributed by atoms with van der Waals surface area (Å²) in [6.45, 7) is 3.04. The second kappa shape index (κ2) is 8.21. The largest absolute Gasteiger partial charge is 0.488 e. The van der Waals surface area contributed by atoms with Gasteiger partial charge in [-0.1, -0.05) is 29.8 Å². The number of amides is 2. The molecule has 0 unspecified atom stereocenters. The maximum absolute atomic E-state index is 12.2. The second-order valence-electron chi connectivity index (χ2n) is 6.17. The first-order valence-corrected chi connectivity index (χ1v) is 8.68. The predicted molar refractivity (Wildman–Crippen MR) is 102 cm³/mol. The standard InChI is InChI=1S/C19H20ClN3O3/c1-13(24)21-17-7-2-3-8-18(17)22-19(25)12-23-10-16(11-23)26-15-6-4-5-14(20)9-15/h2-9,16H,10-12H2,1H3,(H,21,24)(H,22,25). The number of nitrogens with one attached hydrogen (secondary N) is 2. The van der Waals surface area contributed by atoms with Crippen molar-refractivity contribution in [3.05, 3.63) is 53.6 Å². The van der Waals surface area contributed by atoms with Crippen LogP contribution >= 0.6 is 11.6 Å². The van der Waals surface area contributed by atoms with Crippen molar-refractivity contribution in [2.24, 2.45) is 0 Å². The Morgan fingerprint density at radius 1 is 1.12 bits per heavy atom. The molecule has 0 aromatic heterocycles. The molecule has 1 heterocycles. The summed E-state index contributed by atoms with van der Waals surface area (Å²) in [5, 5.41) is 6.17. The topological polar surface area (TPSA) is 70.7 Å². The predicted octanol–water partition coefficient (Wildman–Crippen LogP) is 3.00. The third-order valence-corrected chi connectivity index (χ3v) is 4.14. The van der Waals surface area contributed by atoms with Crippen LogP contribution in [0, 0.1) is 0 Å². The van der Waals surface area contributed by atoms with Crippen molar-refractivity contribution < 1.29 is 14.3 Å². The van der Waals surface area contributed by atoms with Crippen molar-refractivity contribution in [2.75, 3.05) is 30.3 Å². The van der Waals surface area contributed by atoms with Gasteiger partial charge in [-0.25, -0.2) is 0 Å². The Kier molecular flexibility index (Phi) is 5.75. The van der Waals surface area contributed by atoms with Crippen LogP contribution in [0.3, 0.4) is 0 Å². The Bertz CT molecular complexity index is 806. The fraction of sp³-hybridized carbons (Fsp3) is 0.263. The zero-order valence-corrected chi connectivity index (χ0v) is 15.1. The number of para-hydroxylation sites is 2. The van der Waals surface area contributed by atoms with E-state index in [4.69, 9.17) is 16.3 Å². The highest BCUT2D eigenvalue weighted by molar-refractivity contribution is 6.30. The van der Waals surface area contributed by atoms with Crippen LogP contribution < -0.4 is 15.4 Å². The lowest BCUT2D eigenvalue weighted by Gasteiger charge is -2.38. The number of rotatable bonds is 6. The number of halogens is 1. The van der Waals surface area contributed by atoms with E-state index in [9.17, 15) is 9.59 Å². The maximum atomic E-state index is 12.2. The molecular weight excluding hydrogens is 354 g/mol. The molecule has 2 amide bonds. The van der Waals surface area contributed by atoms with Gasteiger partial charge < -0.3 is 15.4 Å². The van der Waals surface area contributed by atoms with E-state index in [0.717, 1.165) is 5.75 Å². The minimum absolute atomic E-state index is 0.0490. The molecule has 3 rings (SSSR count). The van der Waals surface area contributed by atoms with Crippen LogP contribution in [-0.4, -0.2) is 42.5 Å². The van der Waals surface area contributed by atoms with Crippen LogP contribution in [0.25, 0.3) is 0 Å². The quantitative estimate of drug-likeness (QED) is 0.816. The first-order valence-electron chi connectivity index (χ1n) is 8.30. The van der Waals surface area contributed by atoms with Crippen molar-refractivity contribution in [2.45, 2.75) is 13.0 Å². The molecule has 2 aromatic carbocycles. The number of anilines is 2. The molecule has 136 valence electrons. The lowest BCUT2D eigenvalue weighted by atomic mass is 10.1. The van der Waals surface area contributed by atoms with E-state index in [1.807, 2.05) is 17.0 Å². The number of carbonyl (C=O) groups excluding carboxylic acids is 2. The SMILES string of the molecule is CC(=O)Nc1ccccc1NC(=O)CN1CC(Oc2cccc(Cl)c2)C1. The van der Waals surface area contributed by atoms with Gasteiger partial charge in [-0.3, -0.25) is 14.5 Å². The molecule has 2 N–H and O–H groups in total. The van der Waals surface area contributed by atoms with Gasteiger partial charge in [0.15, 0.2) is 0 Å². The zero-order valence-electron chi connectivity index (χ0n) is 14.4. The summed E-state index contributed by atoms with van der Waals surface area (Å²) in [7, 11) is 0. The van der Waals surface area contributed by atoms with Crippen molar-refractivity contribution >= 4 is 34.8 Å². The molecular formula is C19H20ClN3O3. The number of ether oxygens (including phenoxy) is 1. The van der Waals surface area contributed by atoms with E-state index in [2.05, 4.69) is 10.6 Å². The van der Waals surface area contributed by atoms with Crippen molar-refractivity contribution in [1.82, 2.24) is 4.90 Å². The Balaban J connectivity index is 1.46. The molecule has 26 heavy (non-hydrogen) atoms. The average Bonchev–Trinajstić information content (AvgIpc) is 2.54. The van der Waals surface area contributed by atoms with Gasteiger partial charge in [-0.15, -0.1) is 0 Å². The van der Waals surface area contributed by atoms with Gasteiger partial charge in [0, 0.05) is 25.0 Å². The first kappa shape index (κ1) is 18.2. The third-order valence-electron chi connectivity index (χ3n) is 3.90.